The Morgan fingerprint density at radius 2 is 1.78 bits per heavy atom. The molecule has 0 atom stereocenters. The Hall–Kier alpha value is -3.81. The summed E-state index contributed by atoms with van der Waals surface area (Å²) in [5.74, 6) is -0.989. The van der Waals surface area contributed by atoms with E-state index in [1.165, 1.54) is 13.3 Å². The monoisotopic (exact) mass is 363 g/mol. The summed E-state index contributed by atoms with van der Waals surface area (Å²) in [5.41, 5.74) is 0.308. The molecular formula is C19H17N5O3. The van der Waals surface area contributed by atoms with Crippen molar-refractivity contribution in [1.82, 2.24) is 10.0 Å². The first-order valence-corrected chi connectivity index (χ1v) is 8.17. The van der Waals surface area contributed by atoms with Gasteiger partial charge in [0.25, 0.3) is 5.69 Å². The van der Waals surface area contributed by atoms with E-state index in [1.807, 2.05) is 30.3 Å². The lowest BCUT2D eigenvalue weighted by molar-refractivity contribution is -0.745. The van der Waals surface area contributed by atoms with Gasteiger partial charge in [0, 0.05) is 23.3 Å². The highest BCUT2D eigenvalue weighted by molar-refractivity contribution is 5.95. The van der Waals surface area contributed by atoms with Gasteiger partial charge in [0.05, 0.1) is 6.21 Å². The molecule has 1 aromatic heterocycles. The minimum Gasteiger partial charge on any atom is -0.856 e. The molecule has 0 amide bonds. The number of aliphatic imine (C=N–C) groups is 1. The number of carbonyl (C=O) groups excluding carboxylic acids is 1. The van der Waals surface area contributed by atoms with Crippen LogP contribution in [0.25, 0.3) is 0 Å². The molecule has 2 aromatic carbocycles. The standard InChI is InChI=1S/C19H17N5O3/c1-20-18(26)17-19(27)24(21-12-14-8-4-2-5-9-14)22-23(17)13-16(25)15-10-6-3-7-11-15/h2-12H,13H2,1H3,(H-,20,22,26,27)/b21-12+. The second-order valence-electron chi connectivity index (χ2n) is 5.62. The lowest BCUT2D eigenvalue weighted by atomic mass is 10.1. The van der Waals surface area contributed by atoms with Gasteiger partial charge in [-0.25, -0.2) is 4.79 Å². The maximum absolute atomic E-state index is 12.5. The molecule has 0 saturated carbocycles. The van der Waals surface area contributed by atoms with E-state index in [1.54, 1.807) is 30.3 Å². The SMILES string of the molecule is CN=C([O-])c1c(=O)n(/N=C/c2ccccc2)[nH][n+]1CC(=O)c1ccccc1. The molecule has 136 valence electrons. The Kier molecular flexibility index (Phi) is 5.36. The topological polar surface area (TPSA) is 107 Å². The van der Waals surface area contributed by atoms with E-state index in [9.17, 15) is 14.7 Å². The van der Waals surface area contributed by atoms with Crippen LogP contribution in [0.1, 0.15) is 21.6 Å². The van der Waals surface area contributed by atoms with E-state index in [0.717, 1.165) is 15.0 Å². The number of Topliss-reactive ketones (excluding diaryl/α,β-unsaturated/α-hetero) is 1. The number of nitrogens with zero attached hydrogens (tertiary/aromatic N) is 4. The van der Waals surface area contributed by atoms with Gasteiger partial charge in [-0.05, 0) is 5.56 Å². The first-order valence-electron chi connectivity index (χ1n) is 8.17. The summed E-state index contributed by atoms with van der Waals surface area (Å²) in [5, 5.41) is 18.8. The molecular weight excluding hydrogens is 346 g/mol. The van der Waals surface area contributed by atoms with E-state index in [0.29, 0.717) is 5.56 Å². The molecule has 0 spiro atoms. The Bertz CT molecular complexity index is 1050. The highest BCUT2D eigenvalue weighted by atomic mass is 16.3. The quantitative estimate of drug-likeness (QED) is 0.287. The Morgan fingerprint density at radius 1 is 1.15 bits per heavy atom. The second kappa shape index (κ2) is 8.05. The first-order chi connectivity index (χ1) is 13.1. The fourth-order valence-electron chi connectivity index (χ4n) is 2.45. The predicted octanol–water partition coefficient (Wildman–Crippen LogP) is -0.0343. The average molecular weight is 363 g/mol. The number of aromatic amines is 1. The molecule has 3 aromatic rings. The molecule has 0 unspecified atom stereocenters. The van der Waals surface area contributed by atoms with E-state index >= 15 is 0 Å². The van der Waals surface area contributed by atoms with Gasteiger partial charge in [-0.15, -0.1) is 4.68 Å². The van der Waals surface area contributed by atoms with Crippen LogP contribution >= 0.6 is 0 Å². The molecule has 0 aliphatic rings. The molecule has 0 radical (unpaired) electrons. The molecule has 0 fully saturated rings. The first kappa shape index (κ1) is 18.0. The number of benzene rings is 2. The summed E-state index contributed by atoms with van der Waals surface area (Å²) >= 11 is 0. The van der Waals surface area contributed by atoms with Gasteiger partial charge in [-0.2, -0.15) is 0 Å². The largest absolute Gasteiger partial charge is 0.856 e. The van der Waals surface area contributed by atoms with Gasteiger partial charge in [-0.1, -0.05) is 71.0 Å². The third kappa shape index (κ3) is 4.06. The summed E-state index contributed by atoms with van der Waals surface area (Å²) in [6.07, 6.45) is 1.47. The van der Waals surface area contributed by atoms with Crippen molar-refractivity contribution in [2.24, 2.45) is 10.1 Å². The van der Waals surface area contributed by atoms with Crippen LogP contribution in [-0.2, 0) is 6.54 Å². The maximum atomic E-state index is 12.5. The second-order valence-corrected chi connectivity index (χ2v) is 5.62. The van der Waals surface area contributed by atoms with Crippen molar-refractivity contribution in [2.45, 2.75) is 6.54 Å². The molecule has 3 rings (SSSR count). The number of carbonyl (C=O) groups is 1. The number of aromatic nitrogens is 3. The lowest BCUT2D eigenvalue weighted by Gasteiger charge is -2.05. The van der Waals surface area contributed by atoms with Crippen LogP contribution in [0, 0.1) is 0 Å². The summed E-state index contributed by atoms with van der Waals surface area (Å²) in [6.45, 7) is -0.219. The molecule has 8 heteroatoms. The minimum atomic E-state index is -0.731. The molecule has 1 heterocycles. The zero-order valence-electron chi connectivity index (χ0n) is 14.6. The van der Waals surface area contributed by atoms with E-state index in [2.05, 4.69) is 15.3 Å². The maximum Gasteiger partial charge on any atom is 0.427 e. The van der Waals surface area contributed by atoms with Crippen molar-refractivity contribution in [2.75, 3.05) is 7.05 Å². The molecule has 27 heavy (non-hydrogen) atoms. The van der Waals surface area contributed by atoms with Gasteiger partial charge in [0.1, 0.15) is 0 Å². The van der Waals surface area contributed by atoms with Gasteiger partial charge < -0.3 is 5.11 Å². The molecule has 1 N–H and O–H groups in total. The Labute approximate surface area is 154 Å². The molecule has 8 nitrogen and oxygen atoms in total. The van der Waals surface area contributed by atoms with Crippen molar-refractivity contribution in [3.05, 3.63) is 87.8 Å². The van der Waals surface area contributed by atoms with Gasteiger partial charge in [0.2, 0.25) is 5.78 Å². The number of hydrogen-bond donors (Lipinski definition) is 1. The predicted molar refractivity (Wildman–Crippen MR) is 97.9 cm³/mol. The number of hydrogen-bond acceptors (Lipinski definition) is 5. The van der Waals surface area contributed by atoms with Crippen molar-refractivity contribution >= 4 is 17.9 Å². The fourth-order valence-corrected chi connectivity index (χ4v) is 2.45. The summed E-state index contributed by atoms with van der Waals surface area (Å²) in [7, 11) is 1.29. The van der Waals surface area contributed by atoms with Crippen LogP contribution in [0.15, 0.2) is 75.6 Å². The van der Waals surface area contributed by atoms with Crippen LogP contribution in [0.3, 0.4) is 0 Å². The number of nitrogens with one attached hydrogen (secondary N) is 1. The lowest BCUT2D eigenvalue weighted by Crippen LogP contribution is -2.48. The third-order valence-electron chi connectivity index (χ3n) is 3.81. The Morgan fingerprint density at radius 3 is 2.41 bits per heavy atom. The summed E-state index contributed by atoms with van der Waals surface area (Å²) in [4.78, 5) is 29.4. The van der Waals surface area contributed by atoms with Crippen molar-refractivity contribution in [1.29, 1.82) is 0 Å². The van der Waals surface area contributed by atoms with Crippen LogP contribution in [0.5, 0.6) is 0 Å². The number of H-pyrrole nitrogens is 1. The van der Waals surface area contributed by atoms with E-state index in [4.69, 9.17) is 0 Å². The zero-order chi connectivity index (χ0) is 19.2. The number of rotatable bonds is 6. The molecule has 0 bridgehead atoms. The molecule has 0 aliphatic heterocycles. The van der Waals surface area contributed by atoms with Crippen LogP contribution in [-0.4, -0.2) is 34.9 Å². The highest BCUT2D eigenvalue weighted by Gasteiger charge is 2.24. The van der Waals surface area contributed by atoms with E-state index < -0.39 is 11.5 Å². The molecule has 0 aliphatic carbocycles. The third-order valence-corrected chi connectivity index (χ3v) is 3.81. The van der Waals surface area contributed by atoms with Gasteiger partial charge in [0.15, 0.2) is 6.54 Å². The van der Waals surface area contributed by atoms with Crippen LogP contribution in [0.2, 0.25) is 0 Å². The summed E-state index contributed by atoms with van der Waals surface area (Å²) in [6, 6.07) is 17.8. The average Bonchev–Trinajstić information content (AvgIpc) is 3.02. The van der Waals surface area contributed by atoms with Crippen LogP contribution in [0.4, 0.5) is 0 Å². The van der Waals surface area contributed by atoms with Crippen molar-refractivity contribution in [3.8, 4) is 0 Å². The van der Waals surface area contributed by atoms with Gasteiger partial charge in [-0.3, -0.25) is 9.79 Å². The molecule has 0 saturated heterocycles. The summed E-state index contributed by atoms with van der Waals surface area (Å²) < 4.78 is 1.16. The van der Waals surface area contributed by atoms with Gasteiger partial charge >= 0.3 is 5.56 Å². The Balaban J connectivity index is 1.97. The van der Waals surface area contributed by atoms with Crippen molar-refractivity contribution < 1.29 is 14.6 Å². The highest BCUT2D eigenvalue weighted by Crippen LogP contribution is 2.00. The number of ketones is 1. The van der Waals surface area contributed by atoms with E-state index in [-0.39, 0.29) is 18.0 Å². The zero-order valence-corrected chi connectivity index (χ0v) is 14.6. The minimum absolute atomic E-state index is 0.219. The fraction of sp³-hybridized carbons (Fsp3) is 0.105. The normalized spacial score (nSPS) is 11.8. The van der Waals surface area contributed by atoms with Crippen molar-refractivity contribution in [3.63, 3.8) is 0 Å². The smallest absolute Gasteiger partial charge is 0.427 e. The van der Waals surface area contributed by atoms with Crippen LogP contribution < -0.4 is 15.3 Å².